The molecule has 0 radical (unpaired) electrons. The molecule has 1 amide bonds. The zero-order chi connectivity index (χ0) is 14.0. The molecule has 1 rings (SSSR count). The first kappa shape index (κ1) is 16.9. The van der Waals surface area contributed by atoms with Crippen molar-refractivity contribution in [1.29, 1.82) is 0 Å². The van der Waals surface area contributed by atoms with E-state index in [1.807, 2.05) is 13.8 Å². The Balaban J connectivity index is 0.00000137. The summed E-state index contributed by atoms with van der Waals surface area (Å²) in [6.07, 6.45) is 3.79. The number of amides is 1. The zero-order valence-corrected chi connectivity index (χ0v) is 11.8. The van der Waals surface area contributed by atoms with E-state index in [4.69, 9.17) is 15.6 Å². The largest absolute Gasteiger partial charge is 0.393 e. The predicted molar refractivity (Wildman–Crippen MR) is 74.1 cm³/mol. The lowest BCUT2D eigenvalue weighted by molar-refractivity contribution is -0.116. The topological polar surface area (TPSA) is 88.2 Å². The molecule has 0 saturated carbocycles. The van der Waals surface area contributed by atoms with Crippen LogP contribution in [0.25, 0.3) is 0 Å². The number of aliphatic imine (C=N–C) groups is 1. The molecule has 1 saturated heterocycles. The molecule has 1 aliphatic rings. The van der Waals surface area contributed by atoms with Gasteiger partial charge in [0.05, 0.1) is 13.2 Å². The van der Waals surface area contributed by atoms with E-state index in [0.29, 0.717) is 18.9 Å². The number of nitrogens with zero attached hydrogens (tertiary/aromatic N) is 2. The molecule has 1 fully saturated rings. The van der Waals surface area contributed by atoms with E-state index in [1.54, 1.807) is 19.3 Å². The highest BCUT2D eigenvalue weighted by Gasteiger charge is 2.28. The maximum Gasteiger partial charge on any atom is 0.214 e. The van der Waals surface area contributed by atoms with Gasteiger partial charge in [-0.05, 0) is 6.08 Å². The van der Waals surface area contributed by atoms with Gasteiger partial charge < -0.3 is 20.5 Å². The van der Waals surface area contributed by atoms with Crippen LogP contribution in [0.4, 0.5) is 0 Å². The third-order valence-corrected chi connectivity index (χ3v) is 3.29. The van der Waals surface area contributed by atoms with Gasteiger partial charge in [0.2, 0.25) is 6.41 Å². The van der Waals surface area contributed by atoms with Crippen molar-refractivity contribution in [2.75, 3.05) is 20.3 Å². The van der Waals surface area contributed by atoms with Gasteiger partial charge in [-0.25, -0.2) is 0 Å². The first-order valence-corrected chi connectivity index (χ1v) is 6.66. The highest BCUT2D eigenvalue weighted by atomic mass is 32.2. The van der Waals surface area contributed by atoms with E-state index in [2.05, 4.69) is 4.99 Å². The van der Waals surface area contributed by atoms with Crippen molar-refractivity contribution in [1.82, 2.24) is 4.90 Å². The second kappa shape index (κ2) is 9.93. The maximum absolute atomic E-state index is 10.9. The molecular weight excluding hydrogens is 254 g/mol. The summed E-state index contributed by atoms with van der Waals surface area (Å²) >= 11 is 1.39. The first-order valence-electron chi connectivity index (χ1n) is 5.72. The Morgan fingerprint density at radius 2 is 2.33 bits per heavy atom. The predicted octanol–water partition coefficient (Wildman–Crippen LogP) is 0.380. The second-order valence-electron chi connectivity index (χ2n) is 3.05. The van der Waals surface area contributed by atoms with Gasteiger partial charge in [0.1, 0.15) is 16.6 Å². The maximum atomic E-state index is 10.9. The number of aliphatic hydroxyl groups excluding tert-OH is 1. The fourth-order valence-corrected chi connectivity index (χ4v) is 2.14. The summed E-state index contributed by atoms with van der Waals surface area (Å²) in [5.41, 5.74) is 5.20. The van der Waals surface area contributed by atoms with Gasteiger partial charge in [-0.1, -0.05) is 13.8 Å². The lowest BCUT2D eigenvalue weighted by atomic mass is 10.5. The minimum Gasteiger partial charge on any atom is -0.393 e. The van der Waals surface area contributed by atoms with Crippen LogP contribution in [0.3, 0.4) is 0 Å². The molecular formula is C11H21N3O3S. The van der Waals surface area contributed by atoms with Gasteiger partial charge in [0, 0.05) is 13.2 Å². The fourth-order valence-electron chi connectivity index (χ4n) is 1.13. The Hall–Kier alpha value is -1.05. The summed E-state index contributed by atoms with van der Waals surface area (Å²) in [5, 5.41) is 8.76. The molecule has 2 unspecified atom stereocenters. The first-order chi connectivity index (χ1) is 8.71. The molecule has 0 aliphatic carbocycles. The number of thioether (sulfide) groups is 1. The molecule has 0 spiro atoms. The highest BCUT2D eigenvalue weighted by molar-refractivity contribution is 8.00. The number of aliphatic hydroxyl groups is 1. The number of hydrogen-bond donors (Lipinski definition) is 2. The van der Waals surface area contributed by atoms with Crippen molar-refractivity contribution in [3.05, 3.63) is 12.3 Å². The molecule has 0 aromatic heterocycles. The molecule has 7 heteroatoms. The summed E-state index contributed by atoms with van der Waals surface area (Å²) < 4.78 is 5.25. The van der Waals surface area contributed by atoms with Gasteiger partial charge >= 0.3 is 0 Å². The van der Waals surface area contributed by atoms with Gasteiger partial charge in [-0.2, -0.15) is 0 Å². The van der Waals surface area contributed by atoms with Crippen LogP contribution in [-0.2, 0) is 9.53 Å². The van der Waals surface area contributed by atoms with Crippen LogP contribution in [0.2, 0.25) is 0 Å². The number of hydrogen-bond acceptors (Lipinski definition) is 5. The van der Waals surface area contributed by atoms with Crippen LogP contribution in [0.1, 0.15) is 13.8 Å². The van der Waals surface area contributed by atoms with Gasteiger partial charge in [0.15, 0.2) is 0 Å². The van der Waals surface area contributed by atoms with Crippen LogP contribution < -0.4 is 5.73 Å². The summed E-state index contributed by atoms with van der Waals surface area (Å²) in [7, 11) is 1.57. The lowest BCUT2D eigenvalue weighted by Crippen LogP contribution is -2.27. The fraction of sp³-hybridized carbons (Fsp3) is 0.636. The summed E-state index contributed by atoms with van der Waals surface area (Å²) in [6.45, 7) is 4.33. The summed E-state index contributed by atoms with van der Waals surface area (Å²) in [5.74, 6) is 0.342. The van der Waals surface area contributed by atoms with Crippen LogP contribution in [0, 0.1) is 0 Å². The Bertz CT molecular complexity index is 297. The number of carbonyl (C=O) groups is 1. The monoisotopic (exact) mass is 275 g/mol. The second-order valence-corrected chi connectivity index (χ2v) is 4.40. The molecule has 104 valence electrons. The number of rotatable bonds is 5. The third-order valence-electron chi connectivity index (χ3n) is 2.01. The van der Waals surface area contributed by atoms with Crippen LogP contribution >= 0.6 is 11.8 Å². The smallest absolute Gasteiger partial charge is 0.214 e. The van der Waals surface area contributed by atoms with Crippen molar-refractivity contribution < 1.29 is 14.6 Å². The average Bonchev–Trinajstić information content (AvgIpc) is 2.90. The molecule has 1 aliphatic heterocycles. The Kier molecular flexibility index (Phi) is 9.35. The molecule has 3 N–H and O–H groups in total. The van der Waals surface area contributed by atoms with E-state index in [9.17, 15) is 4.79 Å². The van der Waals surface area contributed by atoms with E-state index in [1.165, 1.54) is 16.7 Å². The average molecular weight is 275 g/mol. The molecule has 0 bridgehead atoms. The van der Waals surface area contributed by atoms with Crippen LogP contribution in [0.15, 0.2) is 17.3 Å². The Morgan fingerprint density at radius 1 is 1.67 bits per heavy atom. The quantitative estimate of drug-likeness (QED) is 0.430. The standard InChI is InChI=1S/C9H15N3O3S.C2H6/c1-11-7(10)2-3-12(6-14)8-5-15-9(4-13)16-8;1-2/h2-3,6,8-9,13H,4-5H2,1H3,(H2,10,11);1-2H3/b3-2-;. The minimum absolute atomic E-state index is 0.0594. The van der Waals surface area contributed by atoms with Crippen molar-refractivity contribution in [2.45, 2.75) is 24.7 Å². The minimum atomic E-state index is -0.266. The molecule has 0 aromatic rings. The van der Waals surface area contributed by atoms with Crippen LogP contribution in [0.5, 0.6) is 0 Å². The van der Waals surface area contributed by atoms with E-state index in [0.717, 1.165) is 0 Å². The Morgan fingerprint density at radius 3 is 2.78 bits per heavy atom. The highest BCUT2D eigenvalue weighted by Crippen LogP contribution is 2.28. The summed E-state index contributed by atoms with van der Waals surface area (Å²) in [4.78, 5) is 16.0. The molecule has 18 heavy (non-hydrogen) atoms. The van der Waals surface area contributed by atoms with E-state index < -0.39 is 0 Å². The number of nitrogens with two attached hydrogens (primary N) is 1. The van der Waals surface area contributed by atoms with Crippen molar-refractivity contribution in [2.24, 2.45) is 10.7 Å². The SMILES string of the molecule is CC.CN=C(N)/C=C\N(C=O)C1COC(CO)S1. The third kappa shape index (κ3) is 5.52. The molecule has 1 heterocycles. The van der Waals surface area contributed by atoms with Gasteiger partial charge in [-0.15, -0.1) is 11.8 Å². The molecule has 6 nitrogen and oxygen atoms in total. The number of ether oxygens (including phenoxy) is 1. The van der Waals surface area contributed by atoms with Gasteiger partial charge in [-0.3, -0.25) is 9.79 Å². The van der Waals surface area contributed by atoms with E-state index >= 15 is 0 Å². The van der Waals surface area contributed by atoms with Crippen molar-refractivity contribution >= 4 is 24.0 Å². The van der Waals surface area contributed by atoms with Crippen molar-refractivity contribution in [3.8, 4) is 0 Å². The number of carbonyl (C=O) groups excluding carboxylic acids is 1. The normalized spacial score (nSPS) is 23.7. The molecule has 2 atom stereocenters. The molecule has 0 aromatic carbocycles. The lowest BCUT2D eigenvalue weighted by Gasteiger charge is -2.18. The Labute approximate surface area is 112 Å². The van der Waals surface area contributed by atoms with Crippen molar-refractivity contribution in [3.63, 3.8) is 0 Å². The zero-order valence-electron chi connectivity index (χ0n) is 10.9. The van der Waals surface area contributed by atoms with Crippen LogP contribution in [-0.4, -0.2) is 53.3 Å². The van der Waals surface area contributed by atoms with Gasteiger partial charge in [0.25, 0.3) is 0 Å². The van der Waals surface area contributed by atoms with E-state index in [-0.39, 0.29) is 17.4 Å². The summed E-state index contributed by atoms with van der Waals surface area (Å²) in [6, 6.07) is 0. The number of amidine groups is 1.